The van der Waals surface area contributed by atoms with Gasteiger partial charge in [-0.2, -0.15) is 8.78 Å². The van der Waals surface area contributed by atoms with Crippen molar-refractivity contribution in [1.82, 2.24) is 9.80 Å². The third-order valence-electron chi connectivity index (χ3n) is 4.24. The predicted octanol–water partition coefficient (Wildman–Crippen LogP) is 1.68. The summed E-state index contributed by atoms with van der Waals surface area (Å²) in [5, 5.41) is 8.97. The Labute approximate surface area is 149 Å². The number of amides is 2. The Morgan fingerprint density at radius 2 is 1.81 bits per heavy atom. The summed E-state index contributed by atoms with van der Waals surface area (Å²) in [5.74, 6) is -2.04. The maximum atomic E-state index is 12.3. The highest BCUT2D eigenvalue weighted by molar-refractivity contribution is 5.96. The number of alkyl halides is 2. The van der Waals surface area contributed by atoms with Crippen LogP contribution in [0.3, 0.4) is 0 Å². The van der Waals surface area contributed by atoms with Gasteiger partial charge in [-0.25, -0.2) is 0 Å². The lowest BCUT2D eigenvalue weighted by Crippen LogP contribution is -2.45. The second-order valence-electron chi connectivity index (χ2n) is 6.06. The van der Waals surface area contributed by atoms with Crippen molar-refractivity contribution in [2.24, 2.45) is 5.92 Å². The van der Waals surface area contributed by atoms with Crippen LogP contribution in [0.15, 0.2) is 24.3 Å². The number of nitrogens with zero attached hydrogens (tertiary/aromatic N) is 2. The highest BCUT2D eigenvalue weighted by Gasteiger charge is 2.28. The molecule has 0 aliphatic carbocycles. The molecule has 1 N–H and O–H groups in total. The zero-order valence-electron chi connectivity index (χ0n) is 14.2. The normalized spacial score (nSPS) is 15.0. The first kappa shape index (κ1) is 19.6. The summed E-state index contributed by atoms with van der Waals surface area (Å²) >= 11 is 0. The second kappa shape index (κ2) is 8.59. The lowest BCUT2D eigenvalue weighted by atomic mass is 9.97. The molecule has 0 unspecified atom stereocenters. The summed E-state index contributed by atoms with van der Waals surface area (Å²) in [6, 6.07) is 5.20. The van der Waals surface area contributed by atoms with Crippen molar-refractivity contribution in [2.45, 2.75) is 19.5 Å². The van der Waals surface area contributed by atoms with Crippen molar-refractivity contribution in [3.8, 4) is 5.75 Å². The van der Waals surface area contributed by atoms with Crippen molar-refractivity contribution in [3.63, 3.8) is 0 Å². The summed E-state index contributed by atoms with van der Waals surface area (Å²) in [5.41, 5.74) is 0.242. The number of rotatable bonds is 6. The summed E-state index contributed by atoms with van der Waals surface area (Å²) in [6.07, 6.45) is 0.786. The molecule has 9 heteroatoms. The van der Waals surface area contributed by atoms with Gasteiger partial charge in [0.05, 0.1) is 12.5 Å². The fourth-order valence-electron chi connectivity index (χ4n) is 2.75. The summed E-state index contributed by atoms with van der Waals surface area (Å²) in [7, 11) is 1.47. The van der Waals surface area contributed by atoms with Crippen molar-refractivity contribution < 1.29 is 33.0 Å². The van der Waals surface area contributed by atoms with E-state index in [1.165, 1.54) is 36.2 Å². The fraction of sp³-hybridized carbons (Fsp3) is 0.471. The molecule has 0 aromatic heterocycles. The molecule has 2 rings (SSSR count). The quantitative estimate of drug-likeness (QED) is 0.823. The van der Waals surface area contributed by atoms with Gasteiger partial charge in [0.1, 0.15) is 5.75 Å². The van der Waals surface area contributed by atoms with Gasteiger partial charge in [-0.05, 0) is 37.1 Å². The number of likely N-dealkylation sites (tertiary alicyclic amines) is 1. The maximum Gasteiger partial charge on any atom is 0.387 e. The minimum atomic E-state index is -2.94. The second-order valence-corrected chi connectivity index (χ2v) is 6.06. The van der Waals surface area contributed by atoms with Gasteiger partial charge in [0, 0.05) is 25.7 Å². The van der Waals surface area contributed by atoms with Gasteiger partial charge in [-0.3, -0.25) is 14.4 Å². The van der Waals surface area contributed by atoms with Crippen LogP contribution >= 0.6 is 0 Å². The molecule has 0 bridgehead atoms. The Hall–Kier alpha value is -2.71. The van der Waals surface area contributed by atoms with Crippen LogP contribution in [-0.4, -0.2) is 66.0 Å². The molecule has 26 heavy (non-hydrogen) atoms. The molecule has 1 saturated heterocycles. The number of piperidine rings is 1. The van der Waals surface area contributed by atoms with Crippen LogP contribution < -0.4 is 4.74 Å². The van der Waals surface area contributed by atoms with E-state index in [4.69, 9.17) is 5.11 Å². The molecule has 1 fully saturated rings. The summed E-state index contributed by atoms with van der Waals surface area (Å²) in [4.78, 5) is 38.3. The topological polar surface area (TPSA) is 87.2 Å². The summed E-state index contributed by atoms with van der Waals surface area (Å²) < 4.78 is 28.5. The van der Waals surface area contributed by atoms with E-state index in [-0.39, 0.29) is 23.8 Å². The van der Waals surface area contributed by atoms with Gasteiger partial charge in [0.2, 0.25) is 5.91 Å². The number of carbonyl (C=O) groups excluding carboxylic acids is 2. The standard InChI is InChI=1S/C17H20F2N2O5/c1-20(10-14(22)21-8-6-12(7-9-21)16(24)25)15(23)11-2-4-13(5-3-11)26-17(18)19/h2-5,12,17H,6-10H2,1H3,(H,24,25). The molecule has 1 aliphatic rings. The average Bonchev–Trinajstić information content (AvgIpc) is 2.61. The van der Waals surface area contributed by atoms with Gasteiger partial charge in [-0.15, -0.1) is 0 Å². The number of hydrogen-bond donors (Lipinski definition) is 1. The SMILES string of the molecule is CN(CC(=O)N1CCC(C(=O)O)CC1)C(=O)c1ccc(OC(F)F)cc1. The minimum absolute atomic E-state index is 0.0587. The van der Waals surface area contributed by atoms with Crippen LogP contribution in [0.25, 0.3) is 0 Å². The molecular formula is C17H20F2N2O5. The Kier molecular flexibility index (Phi) is 6.48. The van der Waals surface area contributed by atoms with Gasteiger partial charge in [0.25, 0.3) is 5.91 Å². The number of hydrogen-bond acceptors (Lipinski definition) is 4. The molecule has 7 nitrogen and oxygen atoms in total. The molecule has 1 heterocycles. The smallest absolute Gasteiger partial charge is 0.387 e. The van der Waals surface area contributed by atoms with Crippen molar-refractivity contribution in [1.29, 1.82) is 0 Å². The van der Waals surface area contributed by atoms with Gasteiger partial charge in [-0.1, -0.05) is 0 Å². The van der Waals surface area contributed by atoms with Crippen molar-refractivity contribution in [3.05, 3.63) is 29.8 Å². The number of likely N-dealkylation sites (N-methyl/N-ethyl adjacent to an activating group) is 1. The number of ether oxygens (including phenoxy) is 1. The molecule has 0 atom stereocenters. The van der Waals surface area contributed by atoms with Crippen LogP contribution in [0.1, 0.15) is 23.2 Å². The van der Waals surface area contributed by atoms with Gasteiger partial charge in [0.15, 0.2) is 0 Å². The van der Waals surface area contributed by atoms with Gasteiger partial charge >= 0.3 is 12.6 Å². The molecule has 142 valence electrons. The van der Waals surface area contributed by atoms with E-state index in [1.807, 2.05) is 0 Å². The molecule has 2 amide bonds. The van der Waals surface area contributed by atoms with Crippen LogP contribution in [0.5, 0.6) is 5.75 Å². The zero-order valence-corrected chi connectivity index (χ0v) is 14.2. The number of benzene rings is 1. The highest BCUT2D eigenvalue weighted by atomic mass is 19.3. The van der Waals surface area contributed by atoms with Crippen molar-refractivity contribution in [2.75, 3.05) is 26.7 Å². The van der Waals surface area contributed by atoms with Crippen molar-refractivity contribution >= 4 is 17.8 Å². The van der Waals surface area contributed by atoms with E-state index in [0.717, 1.165) is 0 Å². The minimum Gasteiger partial charge on any atom is -0.481 e. The zero-order chi connectivity index (χ0) is 19.3. The Morgan fingerprint density at radius 3 is 2.31 bits per heavy atom. The first-order valence-electron chi connectivity index (χ1n) is 8.09. The lowest BCUT2D eigenvalue weighted by Gasteiger charge is -2.31. The van der Waals surface area contributed by atoms with Crippen LogP contribution in [0.4, 0.5) is 8.78 Å². The summed E-state index contributed by atoms with van der Waals surface area (Å²) in [6.45, 7) is -2.40. The molecule has 1 aliphatic heterocycles. The molecule has 0 saturated carbocycles. The number of aliphatic carboxylic acids is 1. The third-order valence-corrected chi connectivity index (χ3v) is 4.24. The Bertz CT molecular complexity index is 658. The molecule has 1 aromatic carbocycles. The van der Waals surface area contributed by atoms with E-state index in [1.54, 1.807) is 4.90 Å². The molecule has 0 spiro atoms. The average molecular weight is 370 g/mol. The lowest BCUT2D eigenvalue weighted by molar-refractivity contribution is -0.145. The number of carboxylic acids is 1. The van der Waals surface area contributed by atoms with Crippen LogP contribution in [-0.2, 0) is 9.59 Å². The highest BCUT2D eigenvalue weighted by Crippen LogP contribution is 2.18. The van der Waals surface area contributed by atoms with E-state index in [2.05, 4.69) is 4.74 Å². The van der Waals surface area contributed by atoms with Gasteiger partial charge < -0.3 is 19.6 Å². The molecular weight excluding hydrogens is 350 g/mol. The van der Waals surface area contributed by atoms with Crippen LogP contribution in [0, 0.1) is 5.92 Å². The maximum absolute atomic E-state index is 12.3. The molecule has 1 aromatic rings. The van der Waals surface area contributed by atoms with E-state index >= 15 is 0 Å². The van der Waals surface area contributed by atoms with E-state index in [0.29, 0.717) is 25.9 Å². The monoisotopic (exact) mass is 370 g/mol. The van der Waals surface area contributed by atoms with E-state index in [9.17, 15) is 23.2 Å². The Balaban J connectivity index is 1.88. The number of carboxylic acid groups (broad SMARTS) is 1. The fourth-order valence-corrected chi connectivity index (χ4v) is 2.75. The Morgan fingerprint density at radius 1 is 1.23 bits per heavy atom. The van der Waals surface area contributed by atoms with Crippen LogP contribution in [0.2, 0.25) is 0 Å². The van der Waals surface area contributed by atoms with E-state index < -0.39 is 24.4 Å². The number of halogens is 2. The molecule has 0 radical (unpaired) electrons. The largest absolute Gasteiger partial charge is 0.481 e. The first-order chi connectivity index (χ1) is 12.3. The first-order valence-corrected chi connectivity index (χ1v) is 8.09. The third kappa shape index (κ3) is 5.14. The number of carbonyl (C=O) groups is 3. The predicted molar refractivity (Wildman–Crippen MR) is 87.0 cm³/mol.